The van der Waals surface area contributed by atoms with Crippen molar-refractivity contribution in [3.63, 3.8) is 0 Å². The van der Waals surface area contributed by atoms with Gasteiger partial charge in [0.2, 0.25) is 5.91 Å². The zero-order valence-electron chi connectivity index (χ0n) is 11.1. The highest BCUT2D eigenvalue weighted by molar-refractivity contribution is 5.75. The molecule has 0 fully saturated rings. The Morgan fingerprint density at radius 3 is 2.95 bits per heavy atom. The highest BCUT2D eigenvalue weighted by Gasteiger charge is 2.02. The number of aryl methyl sites for hydroxylation is 1. The van der Waals surface area contributed by atoms with E-state index in [-0.39, 0.29) is 12.5 Å². The highest BCUT2D eigenvalue weighted by Crippen LogP contribution is 2.05. The molecular weight excluding hydrogens is 258 g/mol. The molecule has 0 aliphatic heterocycles. The third kappa shape index (κ3) is 4.43. The van der Waals surface area contributed by atoms with Gasteiger partial charge in [-0.3, -0.25) is 4.79 Å². The molecule has 2 aromatic rings. The topological polar surface area (TPSA) is 92.9 Å². The quantitative estimate of drug-likeness (QED) is 0.756. The molecule has 2 rings (SSSR count). The van der Waals surface area contributed by atoms with Crippen LogP contribution in [-0.4, -0.2) is 31.2 Å². The van der Waals surface area contributed by atoms with Crippen LogP contribution in [0.25, 0.3) is 0 Å². The van der Waals surface area contributed by atoms with Gasteiger partial charge < -0.3 is 10.4 Å². The number of tetrazole rings is 1. The maximum absolute atomic E-state index is 11.7. The summed E-state index contributed by atoms with van der Waals surface area (Å²) in [5.74, 6) is -0.00697. The zero-order chi connectivity index (χ0) is 14.2. The molecule has 1 amide bonds. The van der Waals surface area contributed by atoms with Crippen molar-refractivity contribution in [2.75, 3.05) is 0 Å². The number of aliphatic hydroxyl groups is 1. The van der Waals surface area contributed by atoms with Crippen LogP contribution in [0, 0.1) is 0 Å². The number of aliphatic hydroxyl groups excluding tert-OH is 1. The first-order chi connectivity index (χ1) is 9.78. The molecule has 1 aromatic heterocycles. The molecule has 0 spiro atoms. The van der Waals surface area contributed by atoms with Crippen LogP contribution in [0.4, 0.5) is 0 Å². The number of rotatable bonds is 7. The van der Waals surface area contributed by atoms with Crippen LogP contribution in [-0.2, 0) is 24.5 Å². The Kier molecular flexibility index (Phi) is 5.19. The Hall–Kier alpha value is -2.28. The molecule has 2 N–H and O–H groups in total. The number of nitrogens with zero attached hydrogens (tertiary/aromatic N) is 4. The van der Waals surface area contributed by atoms with Gasteiger partial charge >= 0.3 is 0 Å². The van der Waals surface area contributed by atoms with E-state index in [9.17, 15) is 4.79 Å². The summed E-state index contributed by atoms with van der Waals surface area (Å²) in [7, 11) is 0. The molecular formula is C13H17N5O2. The fourth-order valence-corrected chi connectivity index (χ4v) is 1.81. The molecule has 0 unspecified atom stereocenters. The lowest BCUT2D eigenvalue weighted by atomic mass is 10.1. The summed E-state index contributed by atoms with van der Waals surface area (Å²) < 4.78 is 1.60. The number of carbonyl (C=O) groups excluding carboxylic acids is 1. The second-order valence-corrected chi connectivity index (χ2v) is 4.43. The Labute approximate surface area is 116 Å². The molecule has 1 aromatic carbocycles. The molecule has 0 saturated carbocycles. The van der Waals surface area contributed by atoms with Crippen molar-refractivity contribution in [1.82, 2.24) is 25.5 Å². The van der Waals surface area contributed by atoms with Crippen LogP contribution in [0.2, 0.25) is 0 Å². The maximum atomic E-state index is 11.7. The monoisotopic (exact) mass is 275 g/mol. The average Bonchev–Trinajstić information content (AvgIpc) is 2.98. The first kappa shape index (κ1) is 14.1. The number of amides is 1. The normalized spacial score (nSPS) is 10.4. The molecule has 0 saturated heterocycles. The van der Waals surface area contributed by atoms with Crippen molar-refractivity contribution >= 4 is 5.91 Å². The van der Waals surface area contributed by atoms with Gasteiger partial charge in [-0.15, -0.1) is 5.10 Å². The Balaban J connectivity index is 1.69. The van der Waals surface area contributed by atoms with Crippen LogP contribution in [0.15, 0.2) is 30.6 Å². The van der Waals surface area contributed by atoms with E-state index in [4.69, 9.17) is 5.11 Å². The molecule has 106 valence electrons. The maximum Gasteiger partial charge on any atom is 0.220 e. The van der Waals surface area contributed by atoms with E-state index in [1.54, 1.807) is 4.68 Å². The van der Waals surface area contributed by atoms with Crippen LogP contribution >= 0.6 is 0 Å². The van der Waals surface area contributed by atoms with Crippen molar-refractivity contribution < 1.29 is 9.90 Å². The van der Waals surface area contributed by atoms with Crippen molar-refractivity contribution in [2.24, 2.45) is 0 Å². The smallest absolute Gasteiger partial charge is 0.220 e. The Morgan fingerprint density at radius 2 is 2.20 bits per heavy atom. The molecule has 7 nitrogen and oxygen atoms in total. The van der Waals surface area contributed by atoms with E-state index in [0.29, 0.717) is 25.9 Å². The second-order valence-electron chi connectivity index (χ2n) is 4.43. The van der Waals surface area contributed by atoms with E-state index >= 15 is 0 Å². The van der Waals surface area contributed by atoms with Crippen LogP contribution in [0.5, 0.6) is 0 Å². The van der Waals surface area contributed by atoms with E-state index in [0.717, 1.165) is 11.1 Å². The van der Waals surface area contributed by atoms with E-state index in [1.807, 2.05) is 24.3 Å². The van der Waals surface area contributed by atoms with Crippen molar-refractivity contribution in [3.05, 3.63) is 41.7 Å². The van der Waals surface area contributed by atoms with Crippen molar-refractivity contribution in [3.8, 4) is 0 Å². The lowest BCUT2D eigenvalue weighted by Crippen LogP contribution is -2.22. The van der Waals surface area contributed by atoms with Gasteiger partial charge in [0.15, 0.2) is 0 Å². The van der Waals surface area contributed by atoms with Gasteiger partial charge in [-0.25, -0.2) is 4.68 Å². The fraction of sp³-hybridized carbons (Fsp3) is 0.385. The average molecular weight is 275 g/mol. The molecule has 0 radical (unpaired) electrons. The number of nitrogens with one attached hydrogen (secondary N) is 1. The number of hydrogen-bond donors (Lipinski definition) is 2. The summed E-state index contributed by atoms with van der Waals surface area (Å²) in [6.07, 6.45) is 2.64. The number of hydrogen-bond acceptors (Lipinski definition) is 5. The summed E-state index contributed by atoms with van der Waals surface area (Å²) in [4.78, 5) is 11.7. The summed E-state index contributed by atoms with van der Waals surface area (Å²) in [6, 6.07) is 7.50. The minimum Gasteiger partial charge on any atom is -0.392 e. The molecule has 0 aliphatic carbocycles. The Morgan fingerprint density at radius 1 is 1.35 bits per heavy atom. The fourth-order valence-electron chi connectivity index (χ4n) is 1.81. The second kappa shape index (κ2) is 7.34. The lowest BCUT2D eigenvalue weighted by molar-refractivity contribution is -0.121. The van der Waals surface area contributed by atoms with Crippen LogP contribution in [0.3, 0.4) is 0 Å². The predicted molar refractivity (Wildman–Crippen MR) is 71.3 cm³/mol. The molecule has 0 bridgehead atoms. The Bertz CT molecular complexity index is 541. The number of aromatic nitrogens is 4. The molecule has 0 aliphatic rings. The van der Waals surface area contributed by atoms with Gasteiger partial charge in [0, 0.05) is 19.5 Å². The van der Waals surface area contributed by atoms with E-state index in [1.165, 1.54) is 6.33 Å². The summed E-state index contributed by atoms with van der Waals surface area (Å²) in [5, 5.41) is 22.7. The molecule has 20 heavy (non-hydrogen) atoms. The number of benzene rings is 1. The molecule has 1 heterocycles. The van der Waals surface area contributed by atoms with Crippen molar-refractivity contribution in [2.45, 2.75) is 32.5 Å². The van der Waals surface area contributed by atoms with Gasteiger partial charge in [0.1, 0.15) is 6.33 Å². The summed E-state index contributed by atoms with van der Waals surface area (Å²) in [5.41, 5.74) is 1.82. The molecule has 7 heteroatoms. The minimum absolute atomic E-state index is 0.00697. The first-order valence-electron chi connectivity index (χ1n) is 6.44. The third-order valence-electron chi connectivity index (χ3n) is 2.85. The van der Waals surface area contributed by atoms with Crippen LogP contribution in [0.1, 0.15) is 24.0 Å². The SMILES string of the molecule is O=C(CCCn1cnnn1)NCc1cccc(CO)c1. The first-order valence-corrected chi connectivity index (χ1v) is 6.44. The largest absolute Gasteiger partial charge is 0.392 e. The van der Waals surface area contributed by atoms with Crippen LogP contribution < -0.4 is 5.32 Å². The van der Waals surface area contributed by atoms with Gasteiger partial charge in [-0.05, 0) is 28.0 Å². The standard InChI is InChI=1S/C13H17N5O2/c19-9-12-4-1-3-11(7-12)8-14-13(20)5-2-6-18-10-15-16-17-18/h1,3-4,7,10,19H,2,5-6,8-9H2,(H,14,20). The zero-order valence-corrected chi connectivity index (χ0v) is 11.1. The third-order valence-corrected chi connectivity index (χ3v) is 2.85. The van der Waals surface area contributed by atoms with E-state index in [2.05, 4.69) is 20.8 Å². The highest BCUT2D eigenvalue weighted by atomic mass is 16.3. The lowest BCUT2D eigenvalue weighted by Gasteiger charge is -2.06. The van der Waals surface area contributed by atoms with Gasteiger partial charge in [0.05, 0.1) is 6.61 Å². The number of carbonyl (C=O) groups is 1. The van der Waals surface area contributed by atoms with Gasteiger partial charge in [-0.2, -0.15) is 0 Å². The van der Waals surface area contributed by atoms with Crippen molar-refractivity contribution in [1.29, 1.82) is 0 Å². The van der Waals surface area contributed by atoms with Gasteiger partial charge in [-0.1, -0.05) is 24.3 Å². The molecule has 0 atom stereocenters. The van der Waals surface area contributed by atoms with E-state index < -0.39 is 0 Å². The predicted octanol–water partition coefficient (Wildman–Crippen LogP) is 0.262. The summed E-state index contributed by atoms with van der Waals surface area (Å²) in [6.45, 7) is 1.10. The van der Waals surface area contributed by atoms with Gasteiger partial charge in [0.25, 0.3) is 0 Å². The minimum atomic E-state index is -0.00697. The summed E-state index contributed by atoms with van der Waals surface area (Å²) >= 11 is 0.